The fourth-order valence-corrected chi connectivity index (χ4v) is 2.57. The van der Waals surface area contributed by atoms with Crippen molar-refractivity contribution >= 4 is 150 Å². The van der Waals surface area contributed by atoms with E-state index in [-0.39, 0.29) is 20.5 Å². The molecule has 0 rings (SSSR count). The van der Waals surface area contributed by atoms with Gasteiger partial charge in [0.15, 0.2) is 0 Å². The van der Waals surface area contributed by atoms with Crippen molar-refractivity contribution in [3.05, 3.63) is 0 Å². The predicted octanol–water partition coefficient (Wildman–Crippen LogP) is -8.80. The summed E-state index contributed by atoms with van der Waals surface area (Å²) in [4.78, 5) is 0. The summed E-state index contributed by atoms with van der Waals surface area (Å²) in [6, 6.07) is 0. The minimum Gasteiger partial charge on any atom is -0.158 e. The Kier molecular flexibility index (Phi) is 10.9. The van der Waals surface area contributed by atoms with E-state index in [2.05, 4.69) is 7.06 Å². The molecule has 0 aromatic carbocycles. The van der Waals surface area contributed by atoms with Gasteiger partial charge in [-0.15, -0.1) is 0 Å². The third-order valence-electron chi connectivity index (χ3n) is 3.56. The van der Waals surface area contributed by atoms with Crippen molar-refractivity contribution in [3.8, 4) is 0 Å². The monoisotopic (exact) mass is 234 g/mol. The van der Waals surface area contributed by atoms with Crippen LogP contribution in [0.1, 0.15) is 0 Å². The van der Waals surface area contributed by atoms with Crippen LogP contribution in [0.25, 0.3) is 0 Å². The zero-order valence-electron chi connectivity index (χ0n) is 11.5. The highest BCUT2D eigenvalue weighted by atomic mass is 13.3. The number of hydrogen-bond donors (Lipinski definition) is 0. The van der Waals surface area contributed by atoms with Gasteiger partial charge in [0.2, 0.25) is 0 Å². The summed E-state index contributed by atoms with van der Waals surface area (Å²) >= 11 is 0. The summed E-state index contributed by atoms with van der Waals surface area (Å²) in [7, 11) is 60.5. The first-order valence-corrected chi connectivity index (χ1v) is 6.33. The van der Waals surface area contributed by atoms with Crippen LogP contribution in [0.5, 0.6) is 0 Å². The lowest BCUT2D eigenvalue weighted by atomic mass is 8.38. The summed E-state index contributed by atoms with van der Waals surface area (Å²) < 4.78 is 0. The fourth-order valence-electron chi connectivity index (χ4n) is 2.57. The summed E-state index contributed by atoms with van der Waals surface area (Å²) in [5, 5.41) is 0. The number of rotatable bonds is 9. The third-order valence-corrected chi connectivity index (χ3v) is 3.56. The second-order valence-electron chi connectivity index (χ2n) is 5.20. The second-order valence-corrected chi connectivity index (χ2v) is 5.20. The minimum absolute atomic E-state index is 0.122. The molecule has 21 radical (unpaired) electrons. The topological polar surface area (TPSA) is 0 Å². The van der Waals surface area contributed by atoms with Gasteiger partial charge in [-0.05, 0) is 135 Å². The van der Waals surface area contributed by atoms with Gasteiger partial charge in [-0.25, -0.2) is 0 Å². The van der Waals surface area contributed by atoms with Gasteiger partial charge in [0.25, 0.3) is 0 Å². The lowest BCUT2D eigenvalue weighted by Gasteiger charge is -2.44. The second kappa shape index (κ2) is 10.3. The van der Waals surface area contributed by atoms with Crippen LogP contribution in [0.4, 0.5) is 0 Å². The highest BCUT2D eigenvalue weighted by molar-refractivity contribution is 8.20. The molecule has 0 nitrogen and oxygen atoms in total. The van der Waals surface area contributed by atoms with Crippen LogP contribution >= 0.6 is 0 Å². The quantitative estimate of drug-likeness (QED) is 0.345. The predicted molar refractivity (Wildman–Crippen MR) is 125 cm³/mol. The van der Waals surface area contributed by atoms with Crippen molar-refractivity contribution in [2.75, 3.05) is 0 Å². The molecule has 0 aromatic rings. The summed E-state index contributed by atoms with van der Waals surface area (Å²) in [5.41, 5.74) is 0. The zero-order chi connectivity index (χ0) is 16.9. The third kappa shape index (κ3) is 6.41. The van der Waals surface area contributed by atoms with Crippen LogP contribution in [0.15, 0.2) is 0 Å². The molecule has 0 unspecified atom stereocenters. The minimum atomic E-state index is -0.795. The van der Waals surface area contributed by atoms with Gasteiger partial charge in [0.05, 0.1) is 0 Å². The molecule has 0 spiro atoms. The van der Waals surface area contributed by atoms with Gasteiger partial charge in [0, 0.05) is 0 Å². The molecule has 0 saturated carbocycles. The Labute approximate surface area is 149 Å². The summed E-state index contributed by atoms with van der Waals surface area (Å²) in [6.07, 6.45) is -5.50. The van der Waals surface area contributed by atoms with E-state index in [1.165, 1.54) is 0 Å². The smallest absolute Gasteiger partial charge is 0.0000000126 e. The van der Waals surface area contributed by atoms with E-state index >= 15 is 0 Å². The molecule has 0 amide bonds. The van der Waals surface area contributed by atoms with Crippen LogP contribution in [0.2, 0.25) is 0 Å². The van der Waals surface area contributed by atoms with Gasteiger partial charge in [0.1, 0.15) is 0 Å². The molecular weight excluding hydrogens is 227 g/mol. The van der Waals surface area contributed by atoms with Crippen molar-refractivity contribution in [1.29, 1.82) is 0 Å². The Balaban J connectivity index is 5.83. The molecule has 67 valence electrons. The first kappa shape index (κ1) is 22.4. The van der Waals surface area contributed by atoms with E-state index in [9.17, 15) is 0 Å². The summed E-state index contributed by atoms with van der Waals surface area (Å²) in [5.74, 6) is 0. The van der Waals surface area contributed by atoms with Crippen molar-refractivity contribution in [2.24, 2.45) is 0 Å². The number of hydrogen-bond acceptors (Lipinski definition) is 0. The fraction of sp³-hybridized carbons (Fsp3) is 0. The van der Waals surface area contributed by atoms with E-state index < -0.39 is 44.7 Å². The van der Waals surface area contributed by atoms with Crippen LogP contribution < -0.4 is 0 Å². The lowest BCUT2D eigenvalue weighted by Crippen LogP contribution is -2.81. The summed E-state index contributed by atoms with van der Waals surface area (Å²) in [6.45, 7) is 0. The standard InChI is InChI=1S/B21H3/c1-12-18(13(2)3)21(19(14(4)5)15(6)7)20(16(8)9)17(10)11/h1H3/q-1. The Bertz CT molecular complexity index is 223. The molecule has 0 atom stereocenters. The molecule has 0 N–H and O–H groups in total. The van der Waals surface area contributed by atoms with Gasteiger partial charge in [-0.2, -0.15) is 7.06 Å². The molecular formula is H3B21-. The van der Waals surface area contributed by atoms with Gasteiger partial charge in [-0.3, -0.25) is 0 Å². The Hall–Kier alpha value is 1.36. The largest absolute Gasteiger partial charge is 0.158 e. The van der Waals surface area contributed by atoms with Crippen LogP contribution in [0.3, 0.4) is 0 Å². The van der Waals surface area contributed by atoms with Crippen molar-refractivity contribution < 1.29 is 0 Å². The van der Waals surface area contributed by atoms with Crippen molar-refractivity contribution in [1.82, 2.24) is 0 Å². The molecule has 21 heavy (non-hydrogen) atoms. The van der Waals surface area contributed by atoms with E-state index in [4.69, 9.17) is 77.4 Å². The highest BCUT2D eigenvalue weighted by Gasteiger charge is 2.44. The van der Waals surface area contributed by atoms with Gasteiger partial charge < -0.3 is 0 Å². The molecule has 0 saturated heterocycles. The zero-order valence-corrected chi connectivity index (χ0v) is 11.5. The van der Waals surface area contributed by atoms with Crippen molar-refractivity contribution in [3.63, 3.8) is 0 Å². The normalized spacial score (nSPS) is 9.19. The van der Waals surface area contributed by atoms with Crippen molar-refractivity contribution in [2.45, 2.75) is 0 Å². The molecule has 0 aliphatic rings. The van der Waals surface area contributed by atoms with Gasteiger partial charge >= 0.3 is 0 Å². The van der Waals surface area contributed by atoms with Crippen LogP contribution in [0, 0.1) is 0 Å². The molecule has 0 aliphatic heterocycles. The van der Waals surface area contributed by atoms with E-state index in [1.807, 2.05) is 0 Å². The first-order chi connectivity index (χ1) is 9.56. The average molecular weight is 230 g/mol. The Morgan fingerprint density at radius 2 is 0.762 bits per heavy atom. The maximum atomic E-state index is 5.88. The SMILES string of the molecule is [B]B([B])B([B][BH3-])B(B(B([B])[B])B([B])[B])B(B([B])[B])B([B])[B]. The molecule has 0 fully saturated rings. The lowest BCUT2D eigenvalue weighted by molar-refractivity contribution is 3.32. The molecule has 0 bridgehead atoms. The molecule has 0 aliphatic carbocycles. The average Bonchev–Trinajstić information content (AvgIpc) is 2.26. The maximum Gasteiger partial charge on any atom is -0.0000000126 e. The molecule has 21 heteroatoms. The van der Waals surface area contributed by atoms with E-state index in [0.717, 1.165) is 0 Å². The van der Waals surface area contributed by atoms with Gasteiger partial charge in [-0.1, -0.05) is 7.74 Å². The van der Waals surface area contributed by atoms with Crippen LogP contribution in [-0.2, 0) is 0 Å². The first-order valence-electron chi connectivity index (χ1n) is 6.33. The highest BCUT2D eigenvalue weighted by Crippen LogP contribution is 2.06. The Morgan fingerprint density at radius 1 is 0.476 bits per heavy atom. The van der Waals surface area contributed by atoms with Crippen LogP contribution in [-0.4, -0.2) is 150 Å². The molecule has 0 heterocycles. The van der Waals surface area contributed by atoms with E-state index in [1.54, 1.807) is 0 Å². The molecule has 0 aromatic heterocycles. The maximum absolute atomic E-state index is 5.88. The van der Waals surface area contributed by atoms with E-state index in [0.29, 0.717) is 0 Å². The Morgan fingerprint density at radius 3 is 0.905 bits per heavy atom.